The summed E-state index contributed by atoms with van der Waals surface area (Å²) < 4.78 is 1.24. The Labute approximate surface area is 177 Å². The van der Waals surface area contributed by atoms with Gasteiger partial charge in [-0.15, -0.1) is 11.3 Å². The number of carbonyl (C=O) groups excluding carboxylic acids is 1. The fraction of sp³-hybridized carbons (Fsp3) is 0.417. The Hall–Kier alpha value is -2.24. The third-order valence-electron chi connectivity index (χ3n) is 5.85. The van der Waals surface area contributed by atoms with E-state index < -0.39 is 0 Å². The molecule has 1 fully saturated rings. The van der Waals surface area contributed by atoms with Crippen LogP contribution in [0, 0.1) is 0 Å². The van der Waals surface area contributed by atoms with Crippen LogP contribution in [0.3, 0.4) is 0 Å². The normalized spacial score (nSPS) is 20.4. The van der Waals surface area contributed by atoms with E-state index >= 15 is 0 Å². The van der Waals surface area contributed by atoms with Gasteiger partial charge < -0.3 is 10.2 Å². The second-order valence-electron chi connectivity index (χ2n) is 8.15. The largest absolute Gasteiger partial charge is 0.349 e. The molecule has 29 heavy (non-hydrogen) atoms. The SMILES string of the molecule is C[C@H](CCc1ccccc1)NC(=O)C[NH+]1CCCC[C@@H]1c1nc2ccccc2s1. The molecule has 4 rings (SSSR count). The smallest absolute Gasteiger partial charge is 0.275 e. The highest BCUT2D eigenvalue weighted by Gasteiger charge is 2.32. The zero-order chi connectivity index (χ0) is 20.1. The van der Waals surface area contributed by atoms with E-state index in [4.69, 9.17) is 4.98 Å². The van der Waals surface area contributed by atoms with Gasteiger partial charge in [-0.3, -0.25) is 4.79 Å². The van der Waals surface area contributed by atoms with Crippen molar-refractivity contribution in [2.75, 3.05) is 13.1 Å². The van der Waals surface area contributed by atoms with Crippen LogP contribution in [0.25, 0.3) is 10.2 Å². The molecule has 2 N–H and O–H groups in total. The van der Waals surface area contributed by atoms with Crippen molar-refractivity contribution in [1.82, 2.24) is 10.3 Å². The molecule has 1 unspecified atom stereocenters. The zero-order valence-corrected chi connectivity index (χ0v) is 17.9. The van der Waals surface area contributed by atoms with Crippen molar-refractivity contribution in [3.05, 3.63) is 65.2 Å². The van der Waals surface area contributed by atoms with Crippen LogP contribution in [-0.2, 0) is 11.2 Å². The summed E-state index contributed by atoms with van der Waals surface area (Å²) in [5, 5.41) is 4.41. The summed E-state index contributed by atoms with van der Waals surface area (Å²) in [6, 6.07) is 19.3. The number of quaternary nitrogens is 1. The molecule has 2 aromatic carbocycles. The minimum atomic E-state index is 0.161. The molecule has 1 aliphatic rings. The van der Waals surface area contributed by atoms with Gasteiger partial charge in [-0.05, 0) is 50.3 Å². The number of thiazole rings is 1. The van der Waals surface area contributed by atoms with Crippen LogP contribution in [0.15, 0.2) is 54.6 Å². The Morgan fingerprint density at radius 3 is 2.79 bits per heavy atom. The van der Waals surface area contributed by atoms with Crippen LogP contribution >= 0.6 is 11.3 Å². The van der Waals surface area contributed by atoms with E-state index in [-0.39, 0.29) is 11.9 Å². The van der Waals surface area contributed by atoms with Crippen molar-refractivity contribution in [2.45, 2.75) is 51.1 Å². The van der Waals surface area contributed by atoms with Crippen LogP contribution < -0.4 is 10.2 Å². The number of hydrogen-bond acceptors (Lipinski definition) is 3. The Morgan fingerprint density at radius 2 is 1.97 bits per heavy atom. The van der Waals surface area contributed by atoms with Gasteiger partial charge in [-0.25, -0.2) is 4.98 Å². The number of aryl methyl sites for hydroxylation is 1. The van der Waals surface area contributed by atoms with Gasteiger partial charge in [-0.2, -0.15) is 0 Å². The first-order valence-electron chi connectivity index (χ1n) is 10.7. The van der Waals surface area contributed by atoms with Crippen molar-refractivity contribution in [3.63, 3.8) is 0 Å². The zero-order valence-electron chi connectivity index (χ0n) is 17.1. The summed E-state index contributed by atoms with van der Waals surface area (Å²) in [6.45, 7) is 3.69. The maximum absolute atomic E-state index is 12.7. The van der Waals surface area contributed by atoms with Crippen molar-refractivity contribution >= 4 is 27.5 Å². The first kappa shape index (κ1) is 20.0. The molecule has 0 aliphatic carbocycles. The molecule has 4 nitrogen and oxygen atoms in total. The lowest BCUT2D eigenvalue weighted by Gasteiger charge is -2.31. The van der Waals surface area contributed by atoms with E-state index in [0.29, 0.717) is 12.6 Å². The molecule has 0 spiro atoms. The number of likely N-dealkylation sites (tertiary alicyclic amines) is 1. The lowest BCUT2D eigenvalue weighted by Crippen LogP contribution is -3.14. The summed E-state index contributed by atoms with van der Waals surface area (Å²) in [7, 11) is 0. The molecule has 0 radical (unpaired) electrons. The van der Waals surface area contributed by atoms with Gasteiger partial charge in [0.2, 0.25) is 0 Å². The molecule has 152 valence electrons. The first-order chi connectivity index (χ1) is 14.2. The van der Waals surface area contributed by atoms with Gasteiger partial charge in [0.1, 0.15) is 6.04 Å². The number of nitrogens with one attached hydrogen (secondary N) is 2. The van der Waals surface area contributed by atoms with Gasteiger partial charge >= 0.3 is 0 Å². The van der Waals surface area contributed by atoms with Crippen LogP contribution in [0.2, 0.25) is 0 Å². The highest BCUT2D eigenvalue weighted by Crippen LogP contribution is 2.28. The minimum absolute atomic E-state index is 0.161. The Balaban J connectivity index is 1.34. The van der Waals surface area contributed by atoms with E-state index in [2.05, 4.69) is 54.7 Å². The number of amides is 1. The summed E-state index contributed by atoms with van der Waals surface area (Å²) in [5.41, 5.74) is 2.41. The molecule has 3 atom stereocenters. The molecule has 1 aromatic heterocycles. The van der Waals surface area contributed by atoms with Crippen molar-refractivity contribution in [2.24, 2.45) is 0 Å². The molecular formula is C24H30N3OS+. The van der Waals surface area contributed by atoms with E-state index in [1.807, 2.05) is 12.1 Å². The fourth-order valence-electron chi connectivity index (χ4n) is 4.26. The van der Waals surface area contributed by atoms with Gasteiger partial charge in [0, 0.05) is 12.5 Å². The predicted octanol–water partition coefficient (Wildman–Crippen LogP) is 3.54. The second-order valence-corrected chi connectivity index (χ2v) is 9.21. The van der Waals surface area contributed by atoms with Crippen LogP contribution in [0.1, 0.15) is 49.2 Å². The summed E-state index contributed by atoms with van der Waals surface area (Å²) in [6.07, 6.45) is 5.48. The summed E-state index contributed by atoms with van der Waals surface area (Å²) in [5.74, 6) is 0.161. The number of hydrogen-bond donors (Lipinski definition) is 2. The number of nitrogens with zero attached hydrogens (tertiary/aromatic N) is 1. The standard InChI is InChI=1S/C24H29N3OS/c1-18(14-15-19-9-3-2-4-10-19)25-23(28)17-27-16-8-7-12-21(27)24-26-20-11-5-6-13-22(20)29-24/h2-6,9-11,13,18,21H,7-8,12,14-17H2,1H3,(H,25,28)/p+1/t18-,21-/m1/s1. The van der Waals surface area contributed by atoms with E-state index in [0.717, 1.165) is 31.3 Å². The van der Waals surface area contributed by atoms with E-state index in [1.165, 1.54) is 33.0 Å². The quantitative estimate of drug-likeness (QED) is 0.628. The Morgan fingerprint density at radius 1 is 1.17 bits per heavy atom. The number of benzene rings is 2. The Bertz CT molecular complexity index is 906. The fourth-order valence-corrected chi connectivity index (χ4v) is 5.42. The van der Waals surface area contributed by atoms with Crippen molar-refractivity contribution in [3.8, 4) is 0 Å². The van der Waals surface area contributed by atoms with Gasteiger partial charge in [0.25, 0.3) is 5.91 Å². The van der Waals surface area contributed by atoms with Gasteiger partial charge in [0.15, 0.2) is 11.6 Å². The van der Waals surface area contributed by atoms with Gasteiger partial charge in [-0.1, -0.05) is 42.5 Å². The van der Waals surface area contributed by atoms with Gasteiger partial charge in [0.05, 0.1) is 16.8 Å². The average Bonchev–Trinajstić information content (AvgIpc) is 3.17. The molecular weight excluding hydrogens is 378 g/mol. The maximum Gasteiger partial charge on any atom is 0.275 e. The molecule has 5 heteroatoms. The molecule has 2 heterocycles. The maximum atomic E-state index is 12.7. The summed E-state index contributed by atoms with van der Waals surface area (Å²) in [4.78, 5) is 19.0. The minimum Gasteiger partial charge on any atom is -0.349 e. The molecule has 3 aromatic rings. The molecule has 0 saturated carbocycles. The number of fused-ring (bicyclic) bond motifs is 1. The number of para-hydroxylation sites is 1. The number of carbonyl (C=O) groups is 1. The molecule has 1 aliphatic heterocycles. The number of piperidine rings is 1. The highest BCUT2D eigenvalue weighted by molar-refractivity contribution is 7.18. The second kappa shape index (κ2) is 9.51. The number of rotatable bonds is 7. The average molecular weight is 409 g/mol. The van der Waals surface area contributed by atoms with E-state index in [1.54, 1.807) is 11.3 Å². The third kappa shape index (κ3) is 5.22. The van der Waals surface area contributed by atoms with Crippen molar-refractivity contribution < 1.29 is 9.69 Å². The van der Waals surface area contributed by atoms with Crippen LogP contribution in [0.5, 0.6) is 0 Å². The predicted molar refractivity (Wildman–Crippen MR) is 119 cm³/mol. The highest BCUT2D eigenvalue weighted by atomic mass is 32.1. The summed E-state index contributed by atoms with van der Waals surface area (Å²) >= 11 is 1.79. The first-order valence-corrected chi connectivity index (χ1v) is 11.5. The lowest BCUT2D eigenvalue weighted by molar-refractivity contribution is -0.929. The molecule has 0 bridgehead atoms. The lowest BCUT2D eigenvalue weighted by atomic mass is 10.0. The van der Waals surface area contributed by atoms with Crippen LogP contribution in [0.4, 0.5) is 0 Å². The molecule has 1 saturated heterocycles. The third-order valence-corrected chi connectivity index (χ3v) is 7.00. The topological polar surface area (TPSA) is 46.4 Å². The molecule has 1 amide bonds. The number of aromatic nitrogens is 1. The van der Waals surface area contributed by atoms with E-state index in [9.17, 15) is 4.79 Å². The monoisotopic (exact) mass is 408 g/mol. The van der Waals surface area contributed by atoms with Crippen molar-refractivity contribution in [1.29, 1.82) is 0 Å². The Kier molecular flexibility index (Phi) is 6.57. The van der Waals surface area contributed by atoms with Crippen LogP contribution in [-0.4, -0.2) is 30.0 Å².